The van der Waals surface area contributed by atoms with E-state index in [2.05, 4.69) is 0 Å². The summed E-state index contributed by atoms with van der Waals surface area (Å²) >= 11 is 0. The number of ether oxygens (including phenoxy) is 8. The molecule has 20 nitrogen and oxygen atoms in total. The van der Waals surface area contributed by atoms with Crippen LogP contribution >= 0.6 is 0 Å². The Morgan fingerprint density at radius 1 is 0.673 bits per heavy atom. The largest absolute Gasteiger partial charge is 0.504 e. The summed E-state index contributed by atoms with van der Waals surface area (Å²) in [5.74, 6) is -2.71. The molecule has 0 bridgehead atoms. The highest BCUT2D eigenvalue weighted by atomic mass is 16.7. The second kappa shape index (κ2) is 18.0. The van der Waals surface area contributed by atoms with Gasteiger partial charge in [0.2, 0.25) is 0 Å². The summed E-state index contributed by atoms with van der Waals surface area (Å²) in [6.07, 6.45) is -13.4. The minimum atomic E-state index is -1.73. The lowest BCUT2D eigenvalue weighted by Gasteiger charge is -2.36. The van der Waals surface area contributed by atoms with Crippen LogP contribution in [0.3, 0.4) is 0 Å². The zero-order chi connectivity index (χ0) is 40.1. The zero-order valence-corrected chi connectivity index (χ0v) is 29.2. The smallest absolute Gasteiger partial charge is 0.330 e. The normalized spacial score (nSPS) is 32.3. The van der Waals surface area contributed by atoms with E-state index in [-0.39, 0.29) is 34.8 Å². The Kier molecular flexibility index (Phi) is 13.7. The molecule has 55 heavy (non-hydrogen) atoms. The number of esters is 2. The standard InChI is InChI=1S/C35H42O20/c1-48-19-9-14(3-5-23(37)50-12-21-28(42)30(44)33(46)53-21)7-16(25(19)39)17-8-15(10-20(49-2)26(17)40)4-6-24(38)51-13-22-29(43)32(34(47)54-22)55-35-31(45)27(41)18(36)11-52-35/h3-10,18,21-22,27-36,39-47H,11-13H2,1-2H3. The zero-order valence-electron chi connectivity index (χ0n) is 29.2. The van der Waals surface area contributed by atoms with Gasteiger partial charge in [-0.25, -0.2) is 9.59 Å². The van der Waals surface area contributed by atoms with Crippen LogP contribution in [0.2, 0.25) is 0 Å². The van der Waals surface area contributed by atoms with Crippen molar-refractivity contribution >= 4 is 24.1 Å². The third-order valence-corrected chi connectivity index (χ3v) is 8.92. The highest BCUT2D eigenvalue weighted by molar-refractivity contribution is 5.90. The number of phenolic OH excluding ortho intramolecular Hbond substituents is 2. The van der Waals surface area contributed by atoms with Crippen LogP contribution in [-0.2, 0) is 38.0 Å². The molecule has 12 unspecified atom stereocenters. The fraction of sp³-hybridized carbons (Fsp3) is 0.486. The molecular weight excluding hydrogens is 740 g/mol. The van der Waals surface area contributed by atoms with Gasteiger partial charge in [0, 0.05) is 23.3 Å². The van der Waals surface area contributed by atoms with E-state index in [9.17, 15) is 60.7 Å². The maximum Gasteiger partial charge on any atom is 0.330 e. The minimum absolute atomic E-state index is 0.0158. The molecule has 302 valence electrons. The van der Waals surface area contributed by atoms with Crippen molar-refractivity contribution in [1.82, 2.24) is 0 Å². The van der Waals surface area contributed by atoms with Gasteiger partial charge >= 0.3 is 11.9 Å². The van der Waals surface area contributed by atoms with Gasteiger partial charge in [-0.15, -0.1) is 0 Å². The van der Waals surface area contributed by atoms with E-state index in [1.165, 1.54) is 50.6 Å². The van der Waals surface area contributed by atoms with Gasteiger partial charge in [0.05, 0.1) is 20.8 Å². The third kappa shape index (κ3) is 9.52. The Morgan fingerprint density at radius 3 is 1.64 bits per heavy atom. The SMILES string of the molecule is COc1cc(C=CC(=O)OCC2OC(O)C(O)C2O)cc(-c2cc(C=CC(=O)OCC3OC(O)C(OC4OCC(O)C(O)C4O)C3O)cc(OC)c2O)c1O. The van der Waals surface area contributed by atoms with Crippen molar-refractivity contribution in [3.8, 4) is 34.1 Å². The molecular formula is C35H42O20. The van der Waals surface area contributed by atoms with E-state index in [4.69, 9.17) is 37.9 Å². The molecule has 2 aromatic rings. The first-order valence-corrected chi connectivity index (χ1v) is 16.7. The van der Waals surface area contributed by atoms with Crippen LogP contribution in [0, 0.1) is 0 Å². The van der Waals surface area contributed by atoms with Crippen LogP contribution in [0.4, 0.5) is 0 Å². The number of hydrogen-bond acceptors (Lipinski definition) is 20. The number of aliphatic hydroxyl groups is 8. The van der Waals surface area contributed by atoms with E-state index < -0.39 is 110 Å². The molecule has 0 radical (unpaired) electrons. The quantitative estimate of drug-likeness (QED) is 0.0727. The Balaban J connectivity index is 1.25. The number of rotatable bonds is 13. The molecule has 12 atom stereocenters. The van der Waals surface area contributed by atoms with Crippen LogP contribution in [-0.4, -0.2) is 171 Å². The molecule has 0 amide bonds. The molecule has 0 spiro atoms. The Hall–Kier alpha value is -4.42. The van der Waals surface area contributed by atoms with E-state index >= 15 is 0 Å². The molecule has 3 heterocycles. The van der Waals surface area contributed by atoms with Gasteiger partial charge in [0.25, 0.3) is 0 Å². The predicted molar refractivity (Wildman–Crippen MR) is 181 cm³/mol. The summed E-state index contributed by atoms with van der Waals surface area (Å²) in [6.45, 7) is -1.40. The molecule has 0 aliphatic carbocycles. The highest BCUT2D eigenvalue weighted by Gasteiger charge is 2.48. The minimum Gasteiger partial charge on any atom is -0.504 e. The molecule has 0 aromatic heterocycles. The summed E-state index contributed by atoms with van der Waals surface area (Å²) in [6, 6.07) is 5.56. The lowest BCUT2D eigenvalue weighted by atomic mass is 9.97. The number of phenols is 2. The molecule has 5 rings (SSSR count). The first-order valence-electron chi connectivity index (χ1n) is 16.7. The summed E-state index contributed by atoms with van der Waals surface area (Å²) in [4.78, 5) is 25.0. The monoisotopic (exact) mass is 782 g/mol. The molecule has 20 heteroatoms. The van der Waals surface area contributed by atoms with Gasteiger partial charge in [0.1, 0.15) is 68.1 Å². The van der Waals surface area contributed by atoms with Gasteiger partial charge in [-0.05, 0) is 47.5 Å². The Labute approximate surface area is 312 Å². The first kappa shape index (κ1) is 41.7. The molecule has 3 fully saturated rings. The van der Waals surface area contributed by atoms with Crippen LogP contribution in [0.25, 0.3) is 23.3 Å². The van der Waals surface area contributed by atoms with Crippen LogP contribution in [0.15, 0.2) is 36.4 Å². The molecule has 10 N–H and O–H groups in total. The molecule has 3 saturated heterocycles. The fourth-order valence-electron chi connectivity index (χ4n) is 5.85. The number of hydrogen-bond donors (Lipinski definition) is 10. The summed E-state index contributed by atoms with van der Waals surface area (Å²) in [5, 5.41) is 101. The van der Waals surface area contributed by atoms with Gasteiger partial charge in [-0.3, -0.25) is 0 Å². The van der Waals surface area contributed by atoms with Gasteiger partial charge in [0.15, 0.2) is 41.9 Å². The second-order valence-electron chi connectivity index (χ2n) is 12.6. The molecule has 3 aliphatic heterocycles. The van der Waals surface area contributed by atoms with Crippen molar-refractivity contribution in [2.24, 2.45) is 0 Å². The van der Waals surface area contributed by atoms with Crippen molar-refractivity contribution in [3.05, 3.63) is 47.5 Å². The fourth-order valence-corrected chi connectivity index (χ4v) is 5.85. The lowest BCUT2D eigenvalue weighted by Crippen LogP contribution is -2.55. The molecule has 2 aromatic carbocycles. The summed E-state index contributed by atoms with van der Waals surface area (Å²) in [7, 11) is 2.55. The number of benzene rings is 2. The number of carbonyl (C=O) groups is 2. The lowest BCUT2D eigenvalue weighted by molar-refractivity contribution is -0.299. The Morgan fingerprint density at radius 2 is 1.16 bits per heavy atom. The van der Waals surface area contributed by atoms with Crippen LogP contribution < -0.4 is 9.47 Å². The Bertz CT molecular complexity index is 1730. The van der Waals surface area contributed by atoms with Gasteiger partial charge in [-0.2, -0.15) is 0 Å². The maximum atomic E-state index is 12.7. The van der Waals surface area contributed by atoms with E-state index in [0.717, 1.165) is 12.2 Å². The van der Waals surface area contributed by atoms with Crippen molar-refractivity contribution < 1.29 is 98.5 Å². The summed E-state index contributed by atoms with van der Waals surface area (Å²) in [5.41, 5.74) is 0.601. The van der Waals surface area contributed by atoms with Crippen molar-refractivity contribution in [3.63, 3.8) is 0 Å². The van der Waals surface area contributed by atoms with Crippen LogP contribution in [0.1, 0.15) is 11.1 Å². The maximum absolute atomic E-state index is 12.7. The topological polar surface area (TPSA) is 310 Å². The van der Waals surface area contributed by atoms with Crippen LogP contribution in [0.5, 0.6) is 23.0 Å². The summed E-state index contributed by atoms with van der Waals surface area (Å²) < 4.78 is 41.5. The number of carbonyl (C=O) groups excluding carboxylic acids is 2. The van der Waals surface area contributed by atoms with Crippen molar-refractivity contribution in [1.29, 1.82) is 0 Å². The predicted octanol–water partition coefficient (Wildman–Crippen LogP) is -2.76. The third-order valence-electron chi connectivity index (χ3n) is 8.92. The number of aromatic hydroxyl groups is 2. The number of aliphatic hydroxyl groups excluding tert-OH is 8. The molecule has 3 aliphatic rings. The van der Waals surface area contributed by atoms with Gasteiger partial charge < -0.3 is 89.0 Å². The van der Waals surface area contributed by atoms with Crippen molar-refractivity contribution in [2.45, 2.75) is 73.8 Å². The average molecular weight is 783 g/mol. The molecule has 0 saturated carbocycles. The van der Waals surface area contributed by atoms with Gasteiger partial charge in [-0.1, -0.05) is 0 Å². The van der Waals surface area contributed by atoms with Crippen molar-refractivity contribution in [2.75, 3.05) is 34.0 Å². The van der Waals surface area contributed by atoms with E-state index in [1.807, 2.05) is 0 Å². The average Bonchev–Trinajstić information content (AvgIpc) is 3.58. The number of methoxy groups -OCH3 is 2. The second-order valence-corrected chi connectivity index (χ2v) is 12.6. The van der Waals surface area contributed by atoms with E-state index in [1.54, 1.807) is 0 Å². The first-order chi connectivity index (χ1) is 26.1. The highest BCUT2D eigenvalue weighted by Crippen LogP contribution is 2.46. The van der Waals surface area contributed by atoms with E-state index in [0.29, 0.717) is 5.56 Å².